The minimum atomic E-state index is -5.08. The summed E-state index contributed by atoms with van der Waals surface area (Å²) in [5.41, 5.74) is 0.304. The first-order valence-corrected chi connectivity index (χ1v) is 8.74. The first kappa shape index (κ1) is 24.9. The van der Waals surface area contributed by atoms with E-state index in [-0.39, 0.29) is 11.8 Å². The van der Waals surface area contributed by atoms with E-state index in [4.69, 9.17) is 15.2 Å². The maximum Gasteiger partial charge on any atom is 0.490 e. The number of hydrogen-bond acceptors (Lipinski definition) is 6. The first-order chi connectivity index (χ1) is 15.4. The molecule has 0 unspecified atom stereocenters. The van der Waals surface area contributed by atoms with Crippen LogP contribution in [0.25, 0.3) is 0 Å². The number of nitriles is 1. The number of alkyl halides is 6. The number of carbonyl (C=O) groups is 1. The van der Waals surface area contributed by atoms with Crippen LogP contribution in [0.4, 0.5) is 49.5 Å². The van der Waals surface area contributed by atoms with Crippen LogP contribution < -0.4 is 10.6 Å². The van der Waals surface area contributed by atoms with Gasteiger partial charge < -0.3 is 15.7 Å². The zero-order valence-corrected chi connectivity index (χ0v) is 16.2. The van der Waals surface area contributed by atoms with Gasteiger partial charge in [-0.25, -0.2) is 9.78 Å². The molecule has 0 saturated heterocycles. The van der Waals surface area contributed by atoms with Crippen LogP contribution >= 0.6 is 0 Å². The van der Waals surface area contributed by atoms with Crippen molar-refractivity contribution in [3.63, 3.8) is 0 Å². The minimum Gasteiger partial charge on any atom is -0.475 e. The van der Waals surface area contributed by atoms with E-state index in [9.17, 15) is 26.3 Å². The third kappa shape index (κ3) is 8.02. The van der Waals surface area contributed by atoms with Crippen molar-refractivity contribution in [2.45, 2.75) is 12.4 Å². The predicted octanol–water partition coefficient (Wildman–Crippen LogP) is 5.49. The van der Waals surface area contributed by atoms with Gasteiger partial charge in [0.1, 0.15) is 5.82 Å². The molecule has 0 saturated carbocycles. The summed E-state index contributed by atoms with van der Waals surface area (Å²) in [6, 6.07) is 17.8. The number of anilines is 4. The molecule has 0 aliphatic carbocycles. The lowest BCUT2D eigenvalue weighted by Gasteiger charge is -2.13. The quantitative estimate of drug-likeness (QED) is 0.434. The second kappa shape index (κ2) is 10.3. The van der Waals surface area contributed by atoms with Crippen LogP contribution in [0.1, 0.15) is 11.3 Å². The number of nitrogens with one attached hydrogen (secondary N) is 2. The van der Waals surface area contributed by atoms with Gasteiger partial charge in [-0.05, 0) is 30.3 Å². The zero-order valence-electron chi connectivity index (χ0n) is 16.2. The molecule has 1 heterocycles. The lowest BCUT2D eigenvalue weighted by atomic mass is 10.2. The van der Waals surface area contributed by atoms with Crippen molar-refractivity contribution >= 4 is 29.1 Å². The van der Waals surface area contributed by atoms with Gasteiger partial charge in [-0.15, -0.1) is 0 Å². The second-order valence-corrected chi connectivity index (χ2v) is 6.07. The number of para-hydroxylation sites is 1. The lowest BCUT2D eigenvalue weighted by molar-refractivity contribution is -0.192. The van der Waals surface area contributed by atoms with Crippen molar-refractivity contribution in [3.8, 4) is 6.07 Å². The average Bonchev–Trinajstić information content (AvgIpc) is 2.73. The van der Waals surface area contributed by atoms with E-state index in [1.165, 1.54) is 6.07 Å². The molecule has 0 aliphatic heterocycles. The Hall–Kier alpha value is -4.34. The molecule has 172 valence electrons. The highest BCUT2D eigenvalue weighted by molar-refractivity contribution is 5.73. The number of nitrogens with zero attached hydrogens (tertiary/aromatic N) is 3. The van der Waals surface area contributed by atoms with Crippen LogP contribution in [0.2, 0.25) is 0 Å². The van der Waals surface area contributed by atoms with Crippen LogP contribution in [-0.2, 0) is 11.0 Å². The van der Waals surface area contributed by atoms with Crippen LogP contribution in [-0.4, -0.2) is 27.2 Å². The van der Waals surface area contributed by atoms with Gasteiger partial charge in [-0.2, -0.15) is 36.6 Å². The molecule has 0 aliphatic rings. The largest absolute Gasteiger partial charge is 0.490 e. The van der Waals surface area contributed by atoms with Gasteiger partial charge in [0.15, 0.2) is 5.69 Å². The number of aliphatic carboxylic acids is 1. The summed E-state index contributed by atoms with van der Waals surface area (Å²) in [5, 5.41) is 21.6. The maximum absolute atomic E-state index is 13.2. The Labute approximate surface area is 182 Å². The van der Waals surface area contributed by atoms with Gasteiger partial charge in [-0.3, -0.25) is 0 Å². The van der Waals surface area contributed by atoms with E-state index in [1.54, 1.807) is 48.5 Å². The molecule has 3 N–H and O–H groups in total. The van der Waals surface area contributed by atoms with Gasteiger partial charge in [0.25, 0.3) is 0 Å². The van der Waals surface area contributed by atoms with Crippen molar-refractivity contribution in [1.29, 1.82) is 5.26 Å². The van der Waals surface area contributed by atoms with E-state index in [1.807, 2.05) is 6.07 Å². The Balaban J connectivity index is 0.000000479. The smallest absolute Gasteiger partial charge is 0.475 e. The predicted molar refractivity (Wildman–Crippen MR) is 105 cm³/mol. The zero-order chi connectivity index (χ0) is 24.6. The lowest BCUT2D eigenvalue weighted by Crippen LogP contribution is -2.21. The monoisotopic (exact) mass is 469 g/mol. The molecule has 0 radical (unpaired) electrons. The van der Waals surface area contributed by atoms with Gasteiger partial charge in [0.2, 0.25) is 5.95 Å². The molecular weight excluding hydrogens is 456 g/mol. The molecular formula is C20H13F6N5O2. The molecule has 7 nitrogen and oxygen atoms in total. The number of rotatable bonds is 4. The van der Waals surface area contributed by atoms with E-state index < -0.39 is 24.0 Å². The maximum atomic E-state index is 13.2. The number of aromatic nitrogens is 2. The Bertz CT molecular complexity index is 1140. The van der Waals surface area contributed by atoms with E-state index in [0.29, 0.717) is 16.9 Å². The molecule has 13 heteroatoms. The molecule has 2 aromatic carbocycles. The molecule has 33 heavy (non-hydrogen) atoms. The van der Waals surface area contributed by atoms with Crippen LogP contribution in [0.5, 0.6) is 0 Å². The summed E-state index contributed by atoms with van der Waals surface area (Å²) in [7, 11) is 0. The van der Waals surface area contributed by atoms with Gasteiger partial charge in [-0.1, -0.05) is 24.3 Å². The second-order valence-electron chi connectivity index (χ2n) is 6.07. The summed E-state index contributed by atoms with van der Waals surface area (Å²) >= 11 is 0. The third-order valence-electron chi connectivity index (χ3n) is 3.55. The van der Waals surface area contributed by atoms with Crippen LogP contribution in [0.3, 0.4) is 0 Å². The van der Waals surface area contributed by atoms with Crippen molar-refractivity contribution in [2.75, 3.05) is 10.6 Å². The highest BCUT2D eigenvalue weighted by atomic mass is 19.4. The van der Waals surface area contributed by atoms with E-state index in [2.05, 4.69) is 20.6 Å². The summed E-state index contributed by atoms with van der Waals surface area (Å²) in [6.45, 7) is 0. The summed E-state index contributed by atoms with van der Waals surface area (Å²) in [4.78, 5) is 16.5. The highest BCUT2D eigenvalue weighted by Gasteiger charge is 2.38. The average molecular weight is 469 g/mol. The van der Waals surface area contributed by atoms with Crippen molar-refractivity contribution < 1.29 is 36.2 Å². The molecule has 0 amide bonds. The fourth-order valence-electron chi connectivity index (χ4n) is 2.18. The number of halogens is 6. The molecule has 1 aromatic heterocycles. The fourth-order valence-corrected chi connectivity index (χ4v) is 2.18. The van der Waals surface area contributed by atoms with Gasteiger partial charge >= 0.3 is 18.3 Å². The van der Waals surface area contributed by atoms with Gasteiger partial charge in [0.05, 0.1) is 11.6 Å². The van der Waals surface area contributed by atoms with Crippen LogP contribution in [0.15, 0.2) is 60.7 Å². The van der Waals surface area contributed by atoms with Crippen molar-refractivity contribution in [1.82, 2.24) is 9.97 Å². The topological polar surface area (TPSA) is 111 Å². The Morgan fingerprint density at radius 3 is 2.03 bits per heavy atom. The summed E-state index contributed by atoms with van der Waals surface area (Å²) in [6.07, 6.45) is -9.71. The number of benzene rings is 2. The minimum absolute atomic E-state index is 0.0409. The Morgan fingerprint density at radius 2 is 1.48 bits per heavy atom. The molecule has 0 atom stereocenters. The van der Waals surface area contributed by atoms with Crippen molar-refractivity contribution in [2.24, 2.45) is 0 Å². The van der Waals surface area contributed by atoms with E-state index >= 15 is 0 Å². The number of carboxylic acid groups (broad SMARTS) is 1. The molecule has 0 spiro atoms. The fraction of sp³-hybridized carbons (Fsp3) is 0.100. The molecule has 0 bridgehead atoms. The summed E-state index contributed by atoms with van der Waals surface area (Å²) in [5.74, 6) is -2.99. The third-order valence-corrected chi connectivity index (χ3v) is 3.55. The van der Waals surface area contributed by atoms with Gasteiger partial charge in [0, 0.05) is 17.4 Å². The normalized spacial score (nSPS) is 10.9. The molecule has 0 fully saturated rings. The summed E-state index contributed by atoms with van der Waals surface area (Å²) < 4.78 is 71.2. The first-order valence-electron chi connectivity index (χ1n) is 8.74. The number of carboxylic acids is 1. The molecule has 3 rings (SSSR count). The van der Waals surface area contributed by atoms with E-state index in [0.717, 1.165) is 6.07 Å². The van der Waals surface area contributed by atoms with Crippen molar-refractivity contribution in [3.05, 3.63) is 71.9 Å². The highest BCUT2D eigenvalue weighted by Crippen LogP contribution is 2.31. The molecule has 3 aromatic rings. The Kier molecular flexibility index (Phi) is 7.79. The Morgan fingerprint density at radius 1 is 0.879 bits per heavy atom. The van der Waals surface area contributed by atoms with Crippen LogP contribution in [0, 0.1) is 11.3 Å². The SMILES string of the molecule is N#Cc1cccc(Nc2cc(C(F)(F)F)nc(Nc3ccccc3)n2)c1.O=C(O)C(F)(F)F. The number of hydrogen-bond donors (Lipinski definition) is 3. The standard InChI is InChI=1S/C18H12F3N5.C2HF3O2/c19-18(20,21)15-10-16(23-14-8-4-5-12(9-14)11-22)26-17(25-15)24-13-6-2-1-3-7-13;3-2(4,5)1(6)7/h1-10H,(H2,23,24,25,26);(H,6,7).